The molecular formula is C23H33N3O9. The Hall–Kier alpha value is -3.06. The average Bonchev–Trinajstić information content (AvgIpc) is 3.10. The molecule has 0 aromatic heterocycles. The number of aliphatic carboxylic acids is 1. The molecule has 0 bridgehead atoms. The summed E-state index contributed by atoms with van der Waals surface area (Å²) in [5.41, 5.74) is -0.0999. The van der Waals surface area contributed by atoms with E-state index in [0.717, 1.165) is 0 Å². The first-order chi connectivity index (χ1) is 16.3. The van der Waals surface area contributed by atoms with Gasteiger partial charge in [0.1, 0.15) is 6.10 Å². The fraction of sp³-hybridized carbons (Fsp3) is 0.565. The number of hydrogen-bond donors (Lipinski definition) is 6. The van der Waals surface area contributed by atoms with Crippen molar-refractivity contribution in [1.29, 1.82) is 0 Å². The molecule has 0 spiro atoms. The molecule has 12 nitrogen and oxygen atoms in total. The zero-order valence-electron chi connectivity index (χ0n) is 20.5. The number of carbonyl (C=O) groups is 4. The second-order valence-electron chi connectivity index (χ2n) is 8.81. The van der Waals surface area contributed by atoms with Crippen LogP contribution >= 0.6 is 0 Å². The molecule has 1 aromatic rings. The number of benzene rings is 1. The molecular weight excluding hydrogens is 462 g/mol. The smallest absolute Gasteiger partial charge is 0.308 e. The summed E-state index contributed by atoms with van der Waals surface area (Å²) in [5.74, 6) is -2.90. The standard InChI is InChI=1S/C23H33N3O9/c1-11-18(21(33)24-7-15(30)9-27)12(2)20(25-14(4)29)13(3)19(11)22(34)26-8-16(10-28)35-23(26,5)6-17(31)32/h15-16,27-28,30H,6-10H2,1-5H3,(H,24,33)(H,25,29)(H,31,32). The van der Waals surface area contributed by atoms with Crippen LogP contribution in [0.2, 0.25) is 0 Å². The van der Waals surface area contributed by atoms with Crippen LogP contribution in [0.15, 0.2) is 0 Å². The SMILES string of the molecule is CC(=O)Nc1c(C)c(C(=O)NCC(O)CO)c(C)c(C(=O)N2CC(CO)OC2(C)CC(=O)O)c1C. The first kappa shape index (κ1) is 28.2. The number of aliphatic hydroxyl groups excluding tert-OH is 3. The van der Waals surface area contributed by atoms with Gasteiger partial charge < -0.3 is 40.7 Å². The maximum atomic E-state index is 13.8. The van der Waals surface area contributed by atoms with Crippen LogP contribution < -0.4 is 10.6 Å². The van der Waals surface area contributed by atoms with Crippen molar-refractivity contribution in [3.05, 3.63) is 27.8 Å². The monoisotopic (exact) mass is 495 g/mol. The van der Waals surface area contributed by atoms with E-state index in [1.807, 2.05) is 0 Å². The summed E-state index contributed by atoms with van der Waals surface area (Å²) in [4.78, 5) is 51.5. The Labute approximate surface area is 202 Å². The number of carboxylic acid groups (broad SMARTS) is 1. The molecule has 1 aromatic carbocycles. The van der Waals surface area contributed by atoms with E-state index in [-0.39, 0.29) is 35.5 Å². The second kappa shape index (κ2) is 11.1. The molecule has 0 radical (unpaired) electrons. The number of rotatable bonds is 9. The number of aliphatic hydroxyl groups is 3. The predicted octanol–water partition coefficient (Wildman–Crippen LogP) is -0.323. The number of amides is 3. The molecule has 1 saturated heterocycles. The van der Waals surface area contributed by atoms with Gasteiger partial charge in [-0.3, -0.25) is 19.2 Å². The van der Waals surface area contributed by atoms with Gasteiger partial charge in [-0.1, -0.05) is 0 Å². The molecule has 3 atom stereocenters. The lowest BCUT2D eigenvalue weighted by Crippen LogP contribution is -2.48. The van der Waals surface area contributed by atoms with Crippen LogP contribution in [0.25, 0.3) is 0 Å². The Morgan fingerprint density at radius 2 is 1.71 bits per heavy atom. The largest absolute Gasteiger partial charge is 0.481 e. The molecule has 194 valence electrons. The molecule has 1 fully saturated rings. The Kier molecular flexibility index (Phi) is 8.95. The van der Waals surface area contributed by atoms with Gasteiger partial charge in [0.2, 0.25) is 5.91 Å². The van der Waals surface area contributed by atoms with Crippen molar-refractivity contribution in [2.45, 2.75) is 59.0 Å². The van der Waals surface area contributed by atoms with Crippen LogP contribution in [-0.4, -0.2) is 93.3 Å². The summed E-state index contributed by atoms with van der Waals surface area (Å²) in [5, 5.41) is 42.8. The molecule has 1 aliphatic heterocycles. The summed E-state index contributed by atoms with van der Waals surface area (Å²) in [6.45, 7) is 6.17. The van der Waals surface area contributed by atoms with Crippen LogP contribution in [0.4, 0.5) is 5.69 Å². The molecule has 1 aliphatic rings. The van der Waals surface area contributed by atoms with E-state index >= 15 is 0 Å². The first-order valence-corrected chi connectivity index (χ1v) is 11.1. The molecule has 12 heteroatoms. The van der Waals surface area contributed by atoms with Gasteiger partial charge in [0, 0.05) is 30.3 Å². The number of nitrogens with one attached hydrogen (secondary N) is 2. The predicted molar refractivity (Wildman–Crippen MR) is 124 cm³/mol. The van der Waals surface area contributed by atoms with Crippen molar-refractivity contribution in [3.8, 4) is 0 Å². The van der Waals surface area contributed by atoms with Gasteiger partial charge in [-0.25, -0.2) is 0 Å². The maximum Gasteiger partial charge on any atom is 0.308 e. The van der Waals surface area contributed by atoms with Crippen molar-refractivity contribution >= 4 is 29.4 Å². The fourth-order valence-corrected chi connectivity index (χ4v) is 4.41. The van der Waals surface area contributed by atoms with Gasteiger partial charge in [-0.2, -0.15) is 0 Å². The van der Waals surface area contributed by atoms with Crippen molar-refractivity contribution in [2.24, 2.45) is 0 Å². The van der Waals surface area contributed by atoms with E-state index < -0.39 is 61.3 Å². The zero-order chi connectivity index (χ0) is 26.7. The molecule has 0 saturated carbocycles. The lowest BCUT2D eigenvalue weighted by atomic mass is 9.89. The third-order valence-corrected chi connectivity index (χ3v) is 6.01. The Balaban J connectivity index is 2.67. The van der Waals surface area contributed by atoms with Crippen molar-refractivity contribution < 1.29 is 44.3 Å². The van der Waals surface area contributed by atoms with Crippen molar-refractivity contribution in [3.63, 3.8) is 0 Å². The minimum atomic E-state index is -1.55. The maximum absolute atomic E-state index is 13.8. The number of anilines is 1. The number of hydrogen-bond acceptors (Lipinski definition) is 8. The van der Waals surface area contributed by atoms with Crippen LogP contribution in [0, 0.1) is 20.8 Å². The van der Waals surface area contributed by atoms with E-state index in [4.69, 9.17) is 9.84 Å². The van der Waals surface area contributed by atoms with E-state index in [2.05, 4.69) is 10.6 Å². The molecule has 3 unspecified atom stereocenters. The third-order valence-electron chi connectivity index (χ3n) is 6.01. The highest BCUT2D eigenvalue weighted by molar-refractivity contribution is 6.08. The summed E-state index contributed by atoms with van der Waals surface area (Å²) in [7, 11) is 0. The lowest BCUT2D eigenvalue weighted by molar-refractivity contribution is -0.150. The lowest BCUT2D eigenvalue weighted by Gasteiger charge is -2.34. The normalized spacial score (nSPS) is 20.5. The van der Waals surface area contributed by atoms with E-state index in [9.17, 15) is 34.5 Å². The van der Waals surface area contributed by atoms with E-state index in [0.29, 0.717) is 11.1 Å². The highest BCUT2D eigenvalue weighted by Crippen LogP contribution is 2.37. The number of carboxylic acids is 1. The summed E-state index contributed by atoms with van der Waals surface area (Å²) in [6, 6.07) is 0. The van der Waals surface area contributed by atoms with Gasteiger partial charge >= 0.3 is 5.97 Å². The highest BCUT2D eigenvalue weighted by Gasteiger charge is 2.48. The zero-order valence-corrected chi connectivity index (χ0v) is 20.5. The van der Waals surface area contributed by atoms with Crippen LogP contribution in [-0.2, 0) is 14.3 Å². The number of nitrogens with zero attached hydrogens (tertiary/aromatic N) is 1. The second-order valence-corrected chi connectivity index (χ2v) is 8.81. The van der Waals surface area contributed by atoms with Crippen LogP contribution in [0.1, 0.15) is 57.7 Å². The summed E-state index contributed by atoms with van der Waals surface area (Å²) in [6.07, 6.45) is -2.52. The topological polar surface area (TPSA) is 186 Å². The summed E-state index contributed by atoms with van der Waals surface area (Å²) >= 11 is 0. The average molecular weight is 496 g/mol. The van der Waals surface area contributed by atoms with Gasteiger partial charge in [0.15, 0.2) is 5.72 Å². The summed E-state index contributed by atoms with van der Waals surface area (Å²) < 4.78 is 5.69. The van der Waals surface area contributed by atoms with Crippen LogP contribution in [0.5, 0.6) is 0 Å². The fourth-order valence-electron chi connectivity index (χ4n) is 4.41. The molecule has 35 heavy (non-hydrogen) atoms. The third kappa shape index (κ3) is 5.96. The first-order valence-electron chi connectivity index (χ1n) is 11.1. The van der Waals surface area contributed by atoms with Gasteiger partial charge in [0.05, 0.1) is 32.3 Å². The van der Waals surface area contributed by atoms with E-state index in [1.54, 1.807) is 20.8 Å². The Morgan fingerprint density at radius 1 is 1.11 bits per heavy atom. The Bertz CT molecular complexity index is 1030. The highest BCUT2D eigenvalue weighted by atomic mass is 16.6. The van der Waals surface area contributed by atoms with Gasteiger partial charge in [0.25, 0.3) is 11.8 Å². The van der Waals surface area contributed by atoms with Crippen molar-refractivity contribution in [2.75, 3.05) is 31.6 Å². The Morgan fingerprint density at radius 3 is 2.23 bits per heavy atom. The van der Waals surface area contributed by atoms with Gasteiger partial charge in [-0.05, 0) is 44.4 Å². The minimum Gasteiger partial charge on any atom is -0.481 e. The molecule has 1 heterocycles. The van der Waals surface area contributed by atoms with Gasteiger partial charge in [-0.15, -0.1) is 0 Å². The molecule has 0 aliphatic carbocycles. The van der Waals surface area contributed by atoms with Crippen LogP contribution in [0.3, 0.4) is 0 Å². The minimum absolute atomic E-state index is 0.0750. The molecule has 6 N–H and O–H groups in total. The quantitative estimate of drug-likeness (QED) is 0.267. The molecule has 2 rings (SSSR count). The molecule has 3 amide bonds. The van der Waals surface area contributed by atoms with Crippen molar-refractivity contribution in [1.82, 2.24) is 10.2 Å². The number of carbonyl (C=O) groups excluding carboxylic acids is 3. The number of ether oxygens (including phenoxy) is 1. The van der Waals surface area contributed by atoms with E-state index in [1.165, 1.54) is 18.7 Å².